The Labute approximate surface area is 141 Å². The maximum absolute atomic E-state index is 12.2. The van der Waals surface area contributed by atoms with Gasteiger partial charge in [-0.3, -0.25) is 9.89 Å². The summed E-state index contributed by atoms with van der Waals surface area (Å²) in [5.41, 5.74) is 2.74. The van der Waals surface area contributed by atoms with Crippen molar-refractivity contribution in [1.82, 2.24) is 15.5 Å². The molecule has 0 unspecified atom stereocenters. The summed E-state index contributed by atoms with van der Waals surface area (Å²) < 4.78 is 5.55. The van der Waals surface area contributed by atoms with E-state index in [9.17, 15) is 4.79 Å². The summed E-state index contributed by atoms with van der Waals surface area (Å²) in [6, 6.07) is 7.42. The van der Waals surface area contributed by atoms with Crippen molar-refractivity contribution in [3.63, 3.8) is 0 Å². The number of amides is 1. The second-order valence-corrected chi connectivity index (χ2v) is 5.96. The van der Waals surface area contributed by atoms with Gasteiger partial charge in [0.15, 0.2) is 0 Å². The number of aryl methyl sites for hydroxylation is 1. The molecule has 6 heteroatoms. The molecule has 23 heavy (non-hydrogen) atoms. The SMILES string of the molecule is CCOc1c(Cl)cccc1CC(=O)N[C@H](C)Cc1cc(C)[nH]n1. The van der Waals surface area contributed by atoms with Crippen molar-refractivity contribution in [2.45, 2.75) is 39.7 Å². The van der Waals surface area contributed by atoms with Gasteiger partial charge in [-0.1, -0.05) is 23.7 Å². The summed E-state index contributed by atoms with van der Waals surface area (Å²) in [6.07, 6.45) is 0.920. The summed E-state index contributed by atoms with van der Waals surface area (Å²) in [5.74, 6) is 0.523. The topological polar surface area (TPSA) is 67.0 Å². The monoisotopic (exact) mass is 335 g/mol. The zero-order valence-corrected chi connectivity index (χ0v) is 14.4. The maximum atomic E-state index is 12.2. The molecule has 1 atom stereocenters. The van der Waals surface area contributed by atoms with Gasteiger partial charge < -0.3 is 10.1 Å². The van der Waals surface area contributed by atoms with Crippen LogP contribution < -0.4 is 10.1 Å². The summed E-state index contributed by atoms with van der Waals surface area (Å²) in [6.45, 7) is 6.31. The zero-order valence-electron chi connectivity index (χ0n) is 13.6. The molecule has 2 aromatic rings. The normalized spacial score (nSPS) is 12.0. The highest BCUT2D eigenvalue weighted by atomic mass is 35.5. The van der Waals surface area contributed by atoms with E-state index in [1.165, 1.54) is 0 Å². The van der Waals surface area contributed by atoms with Crippen LogP contribution in [0.2, 0.25) is 5.02 Å². The van der Waals surface area contributed by atoms with Gasteiger partial charge in [0, 0.05) is 23.7 Å². The number of hydrogen-bond acceptors (Lipinski definition) is 3. The van der Waals surface area contributed by atoms with Gasteiger partial charge in [0.2, 0.25) is 5.91 Å². The standard InChI is InChI=1S/C17H22ClN3O2/c1-4-23-17-13(6-5-7-15(17)18)10-16(22)19-11(2)8-14-9-12(3)20-21-14/h5-7,9,11H,4,8,10H2,1-3H3,(H,19,22)(H,20,21)/t11-/m1/s1. The van der Waals surface area contributed by atoms with Crippen LogP contribution in [0.1, 0.15) is 30.8 Å². The first kappa shape index (κ1) is 17.3. The van der Waals surface area contributed by atoms with Crippen molar-refractivity contribution in [3.05, 3.63) is 46.2 Å². The highest BCUT2D eigenvalue weighted by Crippen LogP contribution is 2.29. The molecule has 0 radical (unpaired) electrons. The van der Waals surface area contributed by atoms with E-state index < -0.39 is 0 Å². The fourth-order valence-electron chi connectivity index (χ4n) is 2.44. The Bertz CT molecular complexity index is 670. The van der Waals surface area contributed by atoms with E-state index in [4.69, 9.17) is 16.3 Å². The van der Waals surface area contributed by atoms with Crippen LogP contribution in [0.15, 0.2) is 24.3 Å². The Morgan fingerprint density at radius 2 is 2.26 bits per heavy atom. The van der Waals surface area contributed by atoms with Gasteiger partial charge in [0.05, 0.1) is 23.7 Å². The molecule has 0 saturated carbocycles. The van der Waals surface area contributed by atoms with Crippen LogP contribution in [-0.2, 0) is 17.6 Å². The van der Waals surface area contributed by atoms with Crippen LogP contribution in [0.4, 0.5) is 0 Å². The van der Waals surface area contributed by atoms with E-state index in [1.807, 2.05) is 39.0 Å². The van der Waals surface area contributed by atoms with Crippen molar-refractivity contribution >= 4 is 17.5 Å². The quantitative estimate of drug-likeness (QED) is 0.817. The molecule has 1 aromatic carbocycles. The molecular formula is C17H22ClN3O2. The van der Waals surface area contributed by atoms with Gasteiger partial charge in [-0.25, -0.2) is 0 Å². The van der Waals surface area contributed by atoms with Gasteiger partial charge in [-0.2, -0.15) is 5.10 Å². The molecule has 1 amide bonds. The molecule has 0 aliphatic rings. The molecule has 1 heterocycles. The van der Waals surface area contributed by atoms with Crippen molar-refractivity contribution in [3.8, 4) is 5.75 Å². The summed E-state index contributed by atoms with van der Waals surface area (Å²) >= 11 is 6.14. The molecule has 124 valence electrons. The van der Waals surface area contributed by atoms with Crippen LogP contribution in [0.5, 0.6) is 5.75 Å². The van der Waals surface area contributed by atoms with Gasteiger partial charge in [0.25, 0.3) is 0 Å². The van der Waals surface area contributed by atoms with Gasteiger partial charge in [0.1, 0.15) is 5.75 Å². The first-order chi connectivity index (χ1) is 11.0. The number of rotatable bonds is 7. The highest BCUT2D eigenvalue weighted by molar-refractivity contribution is 6.32. The van der Waals surface area contributed by atoms with Crippen molar-refractivity contribution < 1.29 is 9.53 Å². The number of carbonyl (C=O) groups is 1. The fraction of sp³-hybridized carbons (Fsp3) is 0.412. The first-order valence-electron chi connectivity index (χ1n) is 7.70. The number of aromatic amines is 1. The Hall–Kier alpha value is -2.01. The van der Waals surface area contributed by atoms with Gasteiger partial charge in [-0.15, -0.1) is 0 Å². The summed E-state index contributed by atoms with van der Waals surface area (Å²) in [4.78, 5) is 12.2. The number of halogens is 1. The van der Waals surface area contributed by atoms with E-state index in [-0.39, 0.29) is 18.4 Å². The number of carbonyl (C=O) groups excluding carboxylic acids is 1. The number of hydrogen-bond donors (Lipinski definition) is 2. The van der Waals surface area contributed by atoms with E-state index in [0.29, 0.717) is 23.8 Å². The Balaban J connectivity index is 1.95. The largest absolute Gasteiger partial charge is 0.492 e. The lowest BCUT2D eigenvalue weighted by atomic mass is 10.1. The molecule has 0 saturated heterocycles. The zero-order chi connectivity index (χ0) is 16.8. The minimum atomic E-state index is -0.0621. The third kappa shape index (κ3) is 4.99. The Morgan fingerprint density at radius 3 is 2.91 bits per heavy atom. The molecule has 0 fully saturated rings. The molecule has 0 bridgehead atoms. The second kappa shape index (κ2) is 8.02. The average molecular weight is 336 g/mol. The van der Waals surface area contributed by atoms with Crippen LogP contribution in [0.25, 0.3) is 0 Å². The fourth-order valence-corrected chi connectivity index (χ4v) is 2.69. The van der Waals surface area contributed by atoms with Crippen LogP contribution >= 0.6 is 11.6 Å². The smallest absolute Gasteiger partial charge is 0.224 e. The number of ether oxygens (including phenoxy) is 1. The molecule has 0 aliphatic carbocycles. The number of para-hydroxylation sites is 1. The van der Waals surface area contributed by atoms with Crippen LogP contribution in [-0.4, -0.2) is 28.8 Å². The third-order valence-corrected chi connectivity index (χ3v) is 3.67. The predicted molar refractivity (Wildman–Crippen MR) is 91.0 cm³/mol. The number of aromatic nitrogens is 2. The molecular weight excluding hydrogens is 314 g/mol. The molecule has 2 N–H and O–H groups in total. The van der Waals surface area contributed by atoms with E-state index in [2.05, 4.69) is 15.5 Å². The minimum Gasteiger partial charge on any atom is -0.492 e. The van der Waals surface area contributed by atoms with E-state index in [0.717, 1.165) is 17.0 Å². The lowest BCUT2D eigenvalue weighted by Crippen LogP contribution is -2.35. The third-order valence-electron chi connectivity index (χ3n) is 3.37. The molecule has 5 nitrogen and oxygen atoms in total. The number of nitrogens with zero attached hydrogens (tertiary/aromatic N) is 1. The lowest BCUT2D eigenvalue weighted by molar-refractivity contribution is -0.121. The number of nitrogens with one attached hydrogen (secondary N) is 2. The van der Waals surface area contributed by atoms with Crippen molar-refractivity contribution in [2.24, 2.45) is 0 Å². The van der Waals surface area contributed by atoms with E-state index in [1.54, 1.807) is 6.07 Å². The first-order valence-corrected chi connectivity index (χ1v) is 8.07. The summed E-state index contributed by atoms with van der Waals surface area (Å²) in [5, 5.41) is 10.6. The Morgan fingerprint density at radius 1 is 1.48 bits per heavy atom. The molecule has 0 spiro atoms. The van der Waals surface area contributed by atoms with Crippen molar-refractivity contribution in [1.29, 1.82) is 0 Å². The predicted octanol–water partition coefficient (Wildman–Crippen LogP) is 3.06. The number of benzene rings is 1. The molecule has 2 rings (SSSR count). The Kier molecular flexibility index (Phi) is 6.04. The number of H-pyrrole nitrogens is 1. The highest BCUT2D eigenvalue weighted by Gasteiger charge is 2.14. The minimum absolute atomic E-state index is 0.0000670. The van der Waals surface area contributed by atoms with E-state index >= 15 is 0 Å². The van der Waals surface area contributed by atoms with Crippen LogP contribution in [0.3, 0.4) is 0 Å². The van der Waals surface area contributed by atoms with Gasteiger partial charge in [-0.05, 0) is 32.9 Å². The van der Waals surface area contributed by atoms with Crippen LogP contribution in [0, 0.1) is 6.92 Å². The van der Waals surface area contributed by atoms with Gasteiger partial charge >= 0.3 is 0 Å². The molecule has 0 aliphatic heterocycles. The van der Waals surface area contributed by atoms with Crippen molar-refractivity contribution in [2.75, 3.05) is 6.61 Å². The average Bonchev–Trinajstić information content (AvgIpc) is 2.87. The lowest BCUT2D eigenvalue weighted by Gasteiger charge is -2.15. The maximum Gasteiger partial charge on any atom is 0.224 e. The molecule has 1 aromatic heterocycles. The summed E-state index contributed by atoms with van der Waals surface area (Å²) in [7, 11) is 0. The second-order valence-electron chi connectivity index (χ2n) is 5.55.